The van der Waals surface area contributed by atoms with Gasteiger partial charge in [0.25, 0.3) is 0 Å². The number of carbonyl (C=O) groups excluding carboxylic acids is 1. The fourth-order valence-corrected chi connectivity index (χ4v) is 5.77. The first kappa shape index (κ1) is 30.1. The maximum Gasteiger partial charge on any atom is 0.413 e. The zero-order valence-corrected chi connectivity index (χ0v) is 23.7. The van der Waals surface area contributed by atoms with Crippen LogP contribution < -0.4 is 0 Å². The largest absolute Gasteiger partial charge is 0.452 e. The fraction of sp³-hybridized carbons (Fsp3) is 0.645. The van der Waals surface area contributed by atoms with E-state index in [0.717, 1.165) is 57.3 Å². The number of rotatable bonds is 6. The van der Waals surface area contributed by atoms with Crippen LogP contribution in [0.3, 0.4) is 0 Å². The second-order valence-electron chi connectivity index (χ2n) is 9.92. The summed E-state index contributed by atoms with van der Waals surface area (Å²) in [6.07, 6.45) is 7.85. The minimum atomic E-state index is -0.316. The molecular weight excluding hydrogens is 451 g/mol. The van der Waals surface area contributed by atoms with Gasteiger partial charge in [0.05, 0.1) is 7.11 Å². The Bertz CT molecular complexity index is 885. The van der Waals surface area contributed by atoms with Crippen LogP contribution in [0.15, 0.2) is 42.6 Å². The molecule has 1 aromatic carbocycles. The molecule has 4 nitrogen and oxygen atoms in total. The van der Waals surface area contributed by atoms with Crippen LogP contribution in [0.25, 0.3) is 0 Å². The molecule has 4 rings (SSSR count). The molecule has 1 amide bonds. The molecule has 0 radical (unpaired) electrons. The Hall–Kier alpha value is -2.14. The van der Waals surface area contributed by atoms with Gasteiger partial charge in [-0.05, 0) is 92.6 Å². The number of likely N-dealkylation sites (tertiary alicyclic amines) is 2. The standard InChI is InChI=1S/C27H37FN2O2.2C2H6/c1-5-27(25-18-23(28)9-8-22(25)16-19(2)21-6-7-21)11-14-29(15-12-27)24-10-13-30(20(3)17-24)26(31)32-4;2*1-2/h8-9,18,21,24H,2-3,5-7,10-17H2,1,4H3;2*1-2H3. The van der Waals surface area contributed by atoms with Crippen LogP contribution in [0.4, 0.5) is 9.18 Å². The third kappa shape index (κ3) is 7.00. The van der Waals surface area contributed by atoms with Gasteiger partial charge in [0, 0.05) is 24.7 Å². The van der Waals surface area contributed by atoms with Gasteiger partial charge in [0.1, 0.15) is 5.82 Å². The zero-order chi connectivity index (χ0) is 26.9. The molecule has 0 spiro atoms. The Balaban J connectivity index is 0.00000109. The monoisotopic (exact) mass is 500 g/mol. The van der Waals surface area contributed by atoms with Crippen molar-refractivity contribution in [1.82, 2.24) is 9.80 Å². The molecule has 1 aromatic rings. The molecule has 2 saturated heterocycles. The summed E-state index contributed by atoms with van der Waals surface area (Å²) >= 11 is 0. The average Bonchev–Trinajstić information content (AvgIpc) is 3.77. The van der Waals surface area contributed by atoms with Crippen molar-refractivity contribution in [2.24, 2.45) is 5.92 Å². The fourth-order valence-electron chi connectivity index (χ4n) is 5.77. The number of hydrogen-bond acceptors (Lipinski definition) is 3. The molecule has 0 aromatic heterocycles. The summed E-state index contributed by atoms with van der Waals surface area (Å²) in [5.41, 5.74) is 4.62. The van der Waals surface area contributed by atoms with Gasteiger partial charge in [-0.25, -0.2) is 9.18 Å². The van der Waals surface area contributed by atoms with Crippen molar-refractivity contribution in [3.8, 4) is 0 Å². The molecule has 1 aliphatic carbocycles. The number of amides is 1. The highest BCUT2D eigenvalue weighted by Gasteiger charge is 2.39. The Kier molecular flexibility index (Phi) is 11.7. The highest BCUT2D eigenvalue weighted by atomic mass is 19.1. The van der Waals surface area contributed by atoms with Crippen LogP contribution in [-0.4, -0.2) is 48.7 Å². The topological polar surface area (TPSA) is 32.8 Å². The zero-order valence-electron chi connectivity index (χ0n) is 23.7. The van der Waals surface area contributed by atoms with E-state index in [1.54, 1.807) is 17.0 Å². The lowest BCUT2D eigenvalue weighted by Gasteiger charge is -2.47. The Morgan fingerprint density at radius 1 is 1.11 bits per heavy atom. The lowest BCUT2D eigenvalue weighted by atomic mass is 9.68. The van der Waals surface area contributed by atoms with Crippen LogP contribution >= 0.6 is 0 Å². The van der Waals surface area contributed by atoms with Crippen molar-refractivity contribution in [1.29, 1.82) is 0 Å². The van der Waals surface area contributed by atoms with Crippen LogP contribution in [-0.2, 0) is 16.6 Å². The summed E-state index contributed by atoms with van der Waals surface area (Å²) in [6.45, 7) is 21.3. The predicted octanol–water partition coefficient (Wildman–Crippen LogP) is 7.87. The van der Waals surface area contributed by atoms with Crippen LogP contribution in [0.5, 0.6) is 0 Å². The summed E-state index contributed by atoms with van der Waals surface area (Å²) in [5, 5.41) is 0. The molecule has 2 heterocycles. The molecule has 36 heavy (non-hydrogen) atoms. The Labute approximate surface area is 219 Å². The summed E-state index contributed by atoms with van der Waals surface area (Å²) in [7, 11) is 1.41. The van der Waals surface area contributed by atoms with Crippen LogP contribution in [0.2, 0.25) is 0 Å². The lowest BCUT2D eigenvalue weighted by Crippen LogP contribution is -2.50. The third-order valence-electron chi connectivity index (χ3n) is 8.10. The molecule has 5 heteroatoms. The van der Waals surface area contributed by atoms with Gasteiger partial charge in [-0.2, -0.15) is 0 Å². The van der Waals surface area contributed by atoms with Gasteiger partial charge >= 0.3 is 6.09 Å². The van der Waals surface area contributed by atoms with Gasteiger partial charge in [0.2, 0.25) is 0 Å². The highest BCUT2D eigenvalue weighted by molar-refractivity contribution is 5.69. The normalized spacial score (nSPS) is 21.5. The molecular formula is C31H49FN2O2. The second-order valence-corrected chi connectivity index (χ2v) is 9.92. The van der Waals surface area contributed by atoms with Crippen molar-refractivity contribution in [3.05, 3.63) is 59.6 Å². The SMILES string of the molecule is C=C(Cc1ccc(F)cc1C1(CC)CCN(C2CCN(C(=O)OC)C(=C)C2)CC1)C1CC1.CC.CC. The first-order chi connectivity index (χ1) is 17.4. The number of hydrogen-bond donors (Lipinski definition) is 0. The summed E-state index contributed by atoms with van der Waals surface area (Å²) in [4.78, 5) is 16.1. The Morgan fingerprint density at radius 3 is 2.28 bits per heavy atom. The van der Waals surface area contributed by atoms with Crippen molar-refractivity contribution in [2.75, 3.05) is 26.7 Å². The van der Waals surface area contributed by atoms with Gasteiger partial charge < -0.3 is 4.74 Å². The molecule has 0 bridgehead atoms. The second kappa shape index (κ2) is 14.0. The van der Waals surface area contributed by atoms with Gasteiger partial charge in [-0.3, -0.25) is 9.80 Å². The first-order valence-electron chi connectivity index (χ1n) is 14.1. The van der Waals surface area contributed by atoms with E-state index in [0.29, 0.717) is 18.5 Å². The molecule has 3 aliphatic rings. The predicted molar refractivity (Wildman–Crippen MR) is 149 cm³/mol. The summed E-state index contributed by atoms with van der Waals surface area (Å²) in [5.74, 6) is 0.527. The first-order valence-corrected chi connectivity index (χ1v) is 14.1. The average molecular weight is 501 g/mol. The van der Waals surface area contributed by atoms with Crippen molar-refractivity contribution < 1.29 is 13.9 Å². The van der Waals surface area contributed by atoms with Gasteiger partial charge in [0.15, 0.2) is 0 Å². The van der Waals surface area contributed by atoms with Gasteiger partial charge in [-0.15, -0.1) is 0 Å². The van der Waals surface area contributed by atoms with E-state index < -0.39 is 0 Å². The molecule has 2 aliphatic heterocycles. The van der Waals surface area contributed by atoms with Crippen molar-refractivity contribution in [3.63, 3.8) is 0 Å². The lowest BCUT2D eigenvalue weighted by molar-refractivity contribution is 0.0759. The number of methoxy groups -OCH3 is 1. The quantitative estimate of drug-likeness (QED) is 0.373. The van der Waals surface area contributed by atoms with Crippen LogP contribution in [0, 0.1) is 11.7 Å². The minimum absolute atomic E-state index is 0.0154. The number of allylic oxidation sites excluding steroid dienone is 1. The number of piperidine rings is 2. The highest BCUT2D eigenvalue weighted by Crippen LogP contribution is 2.44. The smallest absolute Gasteiger partial charge is 0.413 e. The van der Waals surface area contributed by atoms with E-state index in [-0.39, 0.29) is 17.3 Å². The van der Waals surface area contributed by atoms with E-state index in [1.165, 1.54) is 36.7 Å². The van der Waals surface area contributed by atoms with Crippen molar-refractivity contribution in [2.45, 2.75) is 97.4 Å². The summed E-state index contributed by atoms with van der Waals surface area (Å²) < 4.78 is 19.2. The molecule has 1 atom stereocenters. The molecule has 0 N–H and O–H groups in total. The van der Waals surface area contributed by atoms with Gasteiger partial charge in [-0.1, -0.05) is 59.4 Å². The molecule has 3 fully saturated rings. The maximum atomic E-state index is 14.4. The third-order valence-corrected chi connectivity index (χ3v) is 8.10. The number of carbonyl (C=O) groups is 1. The number of nitrogens with zero attached hydrogens (tertiary/aromatic N) is 2. The van der Waals surface area contributed by atoms with E-state index in [9.17, 15) is 9.18 Å². The summed E-state index contributed by atoms with van der Waals surface area (Å²) in [6, 6.07) is 5.80. The molecule has 1 saturated carbocycles. The van der Waals surface area contributed by atoms with Crippen molar-refractivity contribution >= 4 is 6.09 Å². The van der Waals surface area contributed by atoms with E-state index in [4.69, 9.17) is 4.74 Å². The molecule has 1 unspecified atom stereocenters. The maximum absolute atomic E-state index is 14.4. The molecule has 202 valence electrons. The van der Waals surface area contributed by atoms with Crippen LogP contribution in [0.1, 0.15) is 90.7 Å². The minimum Gasteiger partial charge on any atom is -0.452 e. The number of ether oxygens (including phenoxy) is 1. The number of halogens is 1. The van der Waals surface area contributed by atoms with E-state index in [2.05, 4.69) is 25.0 Å². The Morgan fingerprint density at radius 2 is 1.75 bits per heavy atom. The van der Waals surface area contributed by atoms with E-state index >= 15 is 0 Å². The van der Waals surface area contributed by atoms with E-state index in [1.807, 2.05) is 33.8 Å². The number of benzene rings is 1.